The molecule has 0 saturated carbocycles. The smallest absolute Gasteiger partial charge is 0.251 e. The summed E-state index contributed by atoms with van der Waals surface area (Å²) in [6, 6.07) is 12.6. The van der Waals surface area contributed by atoms with Crippen LogP contribution in [-0.2, 0) is 6.42 Å². The number of rotatable bonds is 8. The third kappa shape index (κ3) is 5.04. The van der Waals surface area contributed by atoms with Crippen LogP contribution in [0.25, 0.3) is 11.3 Å². The van der Waals surface area contributed by atoms with Gasteiger partial charge in [-0.2, -0.15) is 0 Å². The minimum absolute atomic E-state index is 0.0793. The zero-order valence-electron chi connectivity index (χ0n) is 17.7. The van der Waals surface area contributed by atoms with Crippen molar-refractivity contribution in [2.24, 2.45) is 10.7 Å². The molecule has 2 heterocycles. The number of nitrogens with zero attached hydrogens (tertiary/aromatic N) is 2. The number of aromatic nitrogens is 1. The van der Waals surface area contributed by atoms with Crippen LogP contribution in [0.2, 0.25) is 0 Å². The van der Waals surface area contributed by atoms with Gasteiger partial charge in [0, 0.05) is 46.1 Å². The number of benzene rings is 2. The maximum Gasteiger partial charge on any atom is 0.251 e. The first-order chi connectivity index (χ1) is 16.0. The number of pyridine rings is 1. The topological polar surface area (TPSA) is 89.6 Å². The molecule has 0 spiro atoms. The number of ether oxygens (including phenoxy) is 1. The van der Waals surface area contributed by atoms with Crippen molar-refractivity contribution in [3.63, 3.8) is 0 Å². The van der Waals surface area contributed by atoms with E-state index in [9.17, 15) is 13.6 Å². The van der Waals surface area contributed by atoms with E-state index in [2.05, 4.69) is 22.0 Å². The van der Waals surface area contributed by atoms with E-state index in [4.69, 9.17) is 10.5 Å². The summed E-state index contributed by atoms with van der Waals surface area (Å²) in [4.78, 5) is 21.9. The Morgan fingerprint density at radius 3 is 2.79 bits per heavy atom. The Morgan fingerprint density at radius 1 is 1.27 bits per heavy atom. The number of carbonyl (C=O) groups excluding carboxylic acids is 1. The molecular formula is C24H22F2N4O2S. The average molecular weight is 469 g/mol. The molecular weight excluding hydrogens is 446 g/mol. The van der Waals surface area contributed by atoms with Crippen molar-refractivity contribution in [2.75, 3.05) is 19.0 Å². The molecule has 1 aromatic heterocycles. The quantitative estimate of drug-likeness (QED) is 0.286. The van der Waals surface area contributed by atoms with Crippen LogP contribution in [0.5, 0.6) is 5.75 Å². The number of fused-ring (bicyclic) bond motifs is 1. The molecule has 1 aliphatic rings. The number of carbonyl (C=O) groups is 1. The summed E-state index contributed by atoms with van der Waals surface area (Å²) in [7, 11) is 0. The predicted octanol–water partition coefficient (Wildman–Crippen LogP) is 4.60. The van der Waals surface area contributed by atoms with Crippen molar-refractivity contribution >= 4 is 30.1 Å². The molecule has 0 saturated heterocycles. The average Bonchev–Trinajstić information content (AvgIpc) is 3.20. The minimum atomic E-state index is -1.26. The third-order valence-corrected chi connectivity index (χ3v) is 5.99. The molecule has 4 rings (SSSR count). The Hall–Kier alpha value is -3.30. The first kappa shape index (κ1) is 22.9. The highest BCUT2D eigenvalue weighted by molar-refractivity contribution is 7.99. The molecule has 1 atom stereocenters. The summed E-state index contributed by atoms with van der Waals surface area (Å²) in [5.74, 6) is 0.107. The monoisotopic (exact) mass is 468 g/mol. The highest BCUT2D eigenvalue weighted by atomic mass is 32.2. The second-order valence-corrected chi connectivity index (χ2v) is 8.39. The zero-order valence-corrected chi connectivity index (χ0v) is 18.5. The molecule has 170 valence electrons. The zero-order chi connectivity index (χ0) is 23.4. The van der Waals surface area contributed by atoms with E-state index in [1.807, 2.05) is 0 Å². The number of halogens is 2. The SMILES string of the molecule is C=Nc1ccc(C(=O)NCCc2cc3c(c(-c4ccc(F)cc4)n2)OCC3F)cc1SCN. The number of thioether (sulfide) groups is 1. The molecule has 0 radical (unpaired) electrons. The number of alkyl halides is 1. The number of amides is 1. The van der Waals surface area contributed by atoms with Gasteiger partial charge in [-0.15, -0.1) is 11.8 Å². The Labute approximate surface area is 194 Å². The molecule has 3 N–H and O–H groups in total. The Kier molecular flexibility index (Phi) is 7.00. The lowest BCUT2D eigenvalue weighted by Crippen LogP contribution is -2.26. The third-order valence-electron chi connectivity index (χ3n) is 5.18. The molecule has 3 aromatic rings. The van der Waals surface area contributed by atoms with Gasteiger partial charge in [-0.3, -0.25) is 9.79 Å². The van der Waals surface area contributed by atoms with E-state index >= 15 is 0 Å². The van der Waals surface area contributed by atoms with E-state index in [1.54, 1.807) is 36.4 Å². The number of hydrogen-bond acceptors (Lipinski definition) is 6. The van der Waals surface area contributed by atoms with Crippen molar-refractivity contribution in [3.8, 4) is 17.0 Å². The normalized spacial score (nSPS) is 14.5. The van der Waals surface area contributed by atoms with Crippen molar-refractivity contribution in [3.05, 3.63) is 71.2 Å². The fraction of sp³-hybridized carbons (Fsp3) is 0.208. The molecule has 1 unspecified atom stereocenters. The van der Waals surface area contributed by atoms with Gasteiger partial charge in [0.2, 0.25) is 0 Å². The molecule has 0 bridgehead atoms. The molecule has 0 fully saturated rings. The van der Waals surface area contributed by atoms with Gasteiger partial charge in [0.05, 0.1) is 5.69 Å². The Bertz CT molecular complexity index is 1190. The van der Waals surface area contributed by atoms with Crippen LogP contribution in [0.3, 0.4) is 0 Å². The summed E-state index contributed by atoms with van der Waals surface area (Å²) >= 11 is 1.37. The van der Waals surface area contributed by atoms with E-state index in [0.717, 1.165) is 4.90 Å². The number of nitrogens with two attached hydrogens (primary N) is 1. The van der Waals surface area contributed by atoms with Crippen LogP contribution in [0.1, 0.15) is 27.8 Å². The fourth-order valence-corrected chi connectivity index (χ4v) is 4.24. The Morgan fingerprint density at radius 2 is 2.06 bits per heavy atom. The van der Waals surface area contributed by atoms with Crippen molar-refractivity contribution in [1.82, 2.24) is 10.3 Å². The van der Waals surface area contributed by atoms with Gasteiger partial charge in [-0.05, 0) is 55.2 Å². The lowest BCUT2D eigenvalue weighted by atomic mass is 10.0. The second kappa shape index (κ2) is 10.1. The molecule has 0 aliphatic carbocycles. The molecule has 2 aromatic carbocycles. The molecule has 9 heteroatoms. The highest BCUT2D eigenvalue weighted by Crippen LogP contribution is 2.41. The van der Waals surface area contributed by atoms with Crippen LogP contribution < -0.4 is 15.8 Å². The summed E-state index contributed by atoms with van der Waals surface area (Å²) in [6.45, 7) is 3.75. The maximum atomic E-state index is 14.4. The van der Waals surface area contributed by atoms with Gasteiger partial charge in [-0.25, -0.2) is 13.8 Å². The summed E-state index contributed by atoms with van der Waals surface area (Å²) in [5, 5.41) is 2.86. The standard InChI is InChI=1S/C24H22F2N4O2S/c1-28-20-7-4-15(10-21(20)33-13-27)24(31)29-9-8-17-11-18-19(26)12-32-23(18)22(30-17)14-2-5-16(25)6-3-14/h2-7,10-11,19H,1,8-9,12-13,27H2,(H,29,31). The van der Waals surface area contributed by atoms with Crippen LogP contribution in [0, 0.1) is 5.82 Å². The number of hydrogen-bond donors (Lipinski definition) is 2. The largest absolute Gasteiger partial charge is 0.487 e. The maximum absolute atomic E-state index is 14.4. The molecule has 33 heavy (non-hydrogen) atoms. The van der Waals surface area contributed by atoms with Crippen LogP contribution in [0.4, 0.5) is 14.5 Å². The number of aliphatic imine (C=N–C) groups is 1. The lowest BCUT2D eigenvalue weighted by Gasteiger charge is -2.12. The highest BCUT2D eigenvalue weighted by Gasteiger charge is 2.28. The molecule has 6 nitrogen and oxygen atoms in total. The molecule has 1 amide bonds. The van der Waals surface area contributed by atoms with Crippen LogP contribution in [-0.4, -0.2) is 36.6 Å². The predicted molar refractivity (Wildman–Crippen MR) is 126 cm³/mol. The van der Waals surface area contributed by atoms with E-state index < -0.39 is 6.17 Å². The summed E-state index contributed by atoms with van der Waals surface area (Å²) in [6.07, 6.45) is -0.873. The van der Waals surface area contributed by atoms with Gasteiger partial charge in [0.15, 0.2) is 11.9 Å². The fourth-order valence-electron chi connectivity index (χ4n) is 3.57. The van der Waals surface area contributed by atoms with E-state index in [-0.39, 0.29) is 18.3 Å². The van der Waals surface area contributed by atoms with E-state index in [1.165, 1.54) is 23.9 Å². The van der Waals surface area contributed by atoms with Gasteiger partial charge in [-0.1, -0.05) is 0 Å². The van der Waals surface area contributed by atoms with Crippen molar-refractivity contribution < 1.29 is 18.3 Å². The van der Waals surface area contributed by atoms with E-state index in [0.29, 0.717) is 58.4 Å². The first-order valence-electron chi connectivity index (χ1n) is 10.3. The summed E-state index contributed by atoms with van der Waals surface area (Å²) < 4.78 is 33.2. The van der Waals surface area contributed by atoms with Gasteiger partial charge in [0.1, 0.15) is 18.1 Å². The summed E-state index contributed by atoms with van der Waals surface area (Å²) in [5.41, 5.74) is 8.87. The van der Waals surface area contributed by atoms with Crippen LogP contribution in [0.15, 0.2) is 58.4 Å². The van der Waals surface area contributed by atoms with Crippen LogP contribution >= 0.6 is 11.8 Å². The van der Waals surface area contributed by atoms with Crippen molar-refractivity contribution in [1.29, 1.82) is 0 Å². The molecule has 1 aliphatic heterocycles. The van der Waals surface area contributed by atoms with Crippen molar-refractivity contribution in [2.45, 2.75) is 17.5 Å². The first-order valence-corrected chi connectivity index (χ1v) is 11.3. The minimum Gasteiger partial charge on any atom is -0.487 e. The van der Waals surface area contributed by atoms with Gasteiger partial charge in [0.25, 0.3) is 5.91 Å². The van der Waals surface area contributed by atoms with Gasteiger partial charge >= 0.3 is 0 Å². The number of nitrogens with one attached hydrogen (secondary N) is 1. The second-order valence-electron chi connectivity index (χ2n) is 7.32. The van der Waals surface area contributed by atoms with Gasteiger partial charge < -0.3 is 15.8 Å². The Balaban J connectivity index is 1.50. The lowest BCUT2D eigenvalue weighted by molar-refractivity contribution is 0.0954.